The van der Waals surface area contributed by atoms with Crippen molar-refractivity contribution in [3.63, 3.8) is 0 Å². The van der Waals surface area contributed by atoms with Gasteiger partial charge < -0.3 is 10.4 Å². The Morgan fingerprint density at radius 1 is 1.39 bits per heavy atom. The van der Waals surface area contributed by atoms with Crippen LogP contribution in [0.1, 0.15) is 37.8 Å². The first-order chi connectivity index (χ1) is 8.59. The van der Waals surface area contributed by atoms with Crippen molar-refractivity contribution in [3.8, 4) is 0 Å². The zero-order valence-electron chi connectivity index (χ0n) is 10.5. The molecule has 1 fully saturated rings. The molecule has 1 aliphatic carbocycles. The first kappa shape index (κ1) is 13.4. The second-order valence-corrected chi connectivity index (χ2v) is 5.03. The standard InChI is InChI=1S/C14H19F2NO/c1-9(11-5-3-6-12(15)14(11)16)17-8-10-4-2-7-13(10)18/h3,5-6,9-10,13,17-18H,2,4,7-8H2,1H3. The predicted molar refractivity (Wildman–Crippen MR) is 66.1 cm³/mol. The highest BCUT2D eigenvalue weighted by Gasteiger charge is 2.25. The van der Waals surface area contributed by atoms with E-state index < -0.39 is 11.6 Å². The number of hydrogen-bond donors (Lipinski definition) is 2. The van der Waals surface area contributed by atoms with Crippen LogP contribution >= 0.6 is 0 Å². The van der Waals surface area contributed by atoms with Crippen molar-refractivity contribution in [2.24, 2.45) is 5.92 Å². The topological polar surface area (TPSA) is 32.3 Å². The summed E-state index contributed by atoms with van der Waals surface area (Å²) in [4.78, 5) is 0. The summed E-state index contributed by atoms with van der Waals surface area (Å²) in [5.74, 6) is -1.38. The fraction of sp³-hybridized carbons (Fsp3) is 0.571. The Labute approximate surface area is 106 Å². The number of aliphatic hydroxyl groups excluding tert-OH is 1. The lowest BCUT2D eigenvalue weighted by Crippen LogP contribution is -2.30. The minimum absolute atomic E-state index is 0.226. The maximum atomic E-state index is 13.6. The highest BCUT2D eigenvalue weighted by atomic mass is 19.2. The van der Waals surface area contributed by atoms with Gasteiger partial charge in [-0.05, 0) is 31.7 Å². The van der Waals surface area contributed by atoms with Crippen LogP contribution < -0.4 is 5.32 Å². The number of hydrogen-bond acceptors (Lipinski definition) is 2. The lowest BCUT2D eigenvalue weighted by Gasteiger charge is -2.20. The molecule has 18 heavy (non-hydrogen) atoms. The van der Waals surface area contributed by atoms with Crippen molar-refractivity contribution < 1.29 is 13.9 Å². The predicted octanol–water partition coefficient (Wildman–Crippen LogP) is 2.78. The normalized spacial score (nSPS) is 25.3. The van der Waals surface area contributed by atoms with Crippen LogP contribution in [0, 0.1) is 17.6 Å². The summed E-state index contributed by atoms with van der Waals surface area (Å²) < 4.78 is 26.7. The van der Waals surface area contributed by atoms with Gasteiger partial charge in [-0.3, -0.25) is 0 Å². The maximum absolute atomic E-state index is 13.6. The highest BCUT2D eigenvalue weighted by Crippen LogP contribution is 2.26. The van der Waals surface area contributed by atoms with Crippen LogP contribution in [0.25, 0.3) is 0 Å². The first-order valence-electron chi connectivity index (χ1n) is 6.45. The molecular weight excluding hydrogens is 236 g/mol. The Balaban J connectivity index is 1.95. The molecule has 3 unspecified atom stereocenters. The molecule has 1 aliphatic rings. The largest absolute Gasteiger partial charge is 0.393 e. The Bertz CT molecular complexity index is 411. The lowest BCUT2D eigenvalue weighted by molar-refractivity contribution is 0.130. The van der Waals surface area contributed by atoms with Crippen molar-refractivity contribution in [2.75, 3.05) is 6.54 Å². The number of rotatable bonds is 4. The molecule has 0 amide bonds. The van der Waals surface area contributed by atoms with Gasteiger partial charge in [0.15, 0.2) is 11.6 Å². The number of nitrogens with one attached hydrogen (secondary N) is 1. The molecule has 100 valence electrons. The summed E-state index contributed by atoms with van der Waals surface area (Å²) in [7, 11) is 0. The zero-order valence-corrected chi connectivity index (χ0v) is 10.5. The van der Waals surface area contributed by atoms with Crippen molar-refractivity contribution >= 4 is 0 Å². The second-order valence-electron chi connectivity index (χ2n) is 5.03. The van der Waals surface area contributed by atoms with Crippen LogP contribution in [0.5, 0.6) is 0 Å². The molecular formula is C14H19F2NO. The van der Waals surface area contributed by atoms with Crippen LogP contribution in [0.2, 0.25) is 0 Å². The Kier molecular flexibility index (Phi) is 4.30. The van der Waals surface area contributed by atoms with Gasteiger partial charge in [0, 0.05) is 18.2 Å². The molecule has 2 rings (SSSR count). The van der Waals surface area contributed by atoms with Crippen LogP contribution in [0.15, 0.2) is 18.2 Å². The van der Waals surface area contributed by atoms with Crippen LogP contribution in [0.3, 0.4) is 0 Å². The van der Waals surface area contributed by atoms with Crippen molar-refractivity contribution in [1.29, 1.82) is 0 Å². The molecule has 2 N–H and O–H groups in total. The lowest BCUT2D eigenvalue weighted by atomic mass is 10.0. The molecule has 1 aromatic carbocycles. The summed E-state index contributed by atoms with van der Waals surface area (Å²) in [6.07, 6.45) is 2.61. The molecule has 0 radical (unpaired) electrons. The molecule has 1 saturated carbocycles. The minimum atomic E-state index is -0.818. The average Bonchev–Trinajstić information content (AvgIpc) is 2.75. The Hall–Kier alpha value is -1.00. The third-order valence-corrected chi connectivity index (χ3v) is 3.75. The third-order valence-electron chi connectivity index (χ3n) is 3.75. The van der Waals surface area contributed by atoms with Gasteiger partial charge in [-0.2, -0.15) is 0 Å². The number of halogens is 2. The van der Waals surface area contributed by atoms with Crippen LogP contribution in [-0.2, 0) is 0 Å². The fourth-order valence-corrected chi connectivity index (χ4v) is 2.55. The number of benzene rings is 1. The van der Waals surface area contributed by atoms with Gasteiger partial charge in [-0.15, -0.1) is 0 Å². The van der Waals surface area contributed by atoms with E-state index in [9.17, 15) is 13.9 Å². The summed E-state index contributed by atoms with van der Waals surface area (Å²) in [5, 5.41) is 12.9. The molecule has 0 spiro atoms. The van der Waals surface area contributed by atoms with Gasteiger partial charge in [0.1, 0.15) is 0 Å². The summed E-state index contributed by atoms with van der Waals surface area (Å²) in [6.45, 7) is 2.44. The molecule has 3 atom stereocenters. The molecule has 1 aromatic rings. The summed E-state index contributed by atoms with van der Waals surface area (Å²) in [5.41, 5.74) is 0.336. The second kappa shape index (κ2) is 5.76. The molecule has 0 aromatic heterocycles. The molecule has 0 heterocycles. The van der Waals surface area contributed by atoms with Crippen LogP contribution in [0.4, 0.5) is 8.78 Å². The third kappa shape index (κ3) is 2.87. The summed E-state index contributed by atoms with van der Waals surface area (Å²) >= 11 is 0. The van der Waals surface area contributed by atoms with Gasteiger partial charge in [-0.1, -0.05) is 18.6 Å². The molecule has 4 heteroatoms. The van der Waals surface area contributed by atoms with Crippen molar-refractivity contribution in [1.82, 2.24) is 5.32 Å². The molecule has 0 aliphatic heterocycles. The first-order valence-corrected chi connectivity index (χ1v) is 6.45. The quantitative estimate of drug-likeness (QED) is 0.867. The molecule has 0 saturated heterocycles. The summed E-state index contributed by atoms with van der Waals surface area (Å²) in [6, 6.07) is 3.96. The van der Waals surface area contributed by atoms with Crippen molar-refractivity contribution in [3.05, 3.63) is 35.4 Å². The van der Waals surface area contributed by atoms with Crippen LogP contribution in [-0.4, -0.2) is 17.8 Å². The van der Waals surface area contributed by atoms with Gasteiger partial charge >= 0.3 is 0 Å². The van der Waals surface area contributed by atoms with Crippen molar-refractivity contribution in [2.45, 2.75) is 38.3 Å². The highest BCUT2D eigenvalue weighted by molar-refractivity contribution is 5.21. The SMILES string of the molecule is CC(NCC1CCCC1O)c1cccc(F)c1F. The van der Waals surface area contributed by atoms with E-state index in [2.05, 4.69) is 5.32 Å². The minimum Gasteiger partial charge on any atom is -0.393 e. The Morgan fingerprint density at radius 3 is 2.83 bits per heavy atom. The zero-order chi connectivity index (χ0) is 13.1. The monoisotopic (exact) mass is 255 g/mol. The van der Waals surface area contributed by atoms with E-state index in [-0.39, 0.29) is 18.1 Å². The molecule has 2 nitrogen and oxygen atoms in total. The average molecular weight is 255 g/mol. The van der Waals surface area contributed by atoms with Gasteiger partial charge in [-0.25, -0.2) is 8.78 Å². The van der Waals surface area contributed by atoms with E-state index in [1.807, 2.05) is 0 Å². The van der Waals surface area contributed by atoms with E-state index in [4.69, 9.17) is 0 Å². The van der Waals surface area contributed by atoms with Gasteiger partial charge in [0.05, 0.1) is 6.10 Å². The smallest absolute Gasteiger partial charge is 0.163 e. The van der Waals surface area contributed by atoms with E-state index in [1.165, 1.54) is 6.07 Å². The van der Waals surface area contributed by atoms with E-state index >= 15 is 0 Å². The van der Waals surface area contributed by atoms with E-state index in [1.54, 1.807) is 13.0 Å². The Morgan fingerprint density at radius 2 is 2.17 bits per heavy atom. The van der Waals surface area contributed by atoms with Gasteiger partial charge in [0.2, 0.25) is 0 Å². The number of aliphatic hydroxyl groups is 1. The van der Waals surface area contributed by atoms with Gasteiger partial charge in [0.25, 0.3) is 0 Å². The van der Waals surface area contributed by atoms with E-state index in [0.29, 0.717) is 12.1 Å². The molecule has 0 bridgehead atoms. The maximum Gasteiger partial charge on any atom is 0.163 e. The fourth-order valence-electron chi connectivity index (χ4n) is 2.55. The van der Waals surface area contributed by atoms with E-state index in [0.717, 1.165) is 25.3 Å².